The van der Waals surface area contributed by atoms with Crippen LogP contribution in [0.15, 0.2) is 0 Å². The van der Waals surface area contributed by atoms with E-state index < -0.39 is 9.20 Å². The molecule has 1 atom stereocenters. The number of rotatable bonds is 7. The molecule has 68 valence electrons. The van der Waals surface area contributed by atoms with Gasteiger partial charge >= 0.3 is 0 Å². The predicted molar refractivity (Wildman–Crippen MR) is 49.1 cm³/mol. The van der Waals surface area contributed by atoms with Crippen molar-refractivity contribution in [2.75, 3.05) is 26.9 Å². The Kier molecular flexibility index (Phi) is 8.27. The average molecular weight is 177 g/mol. The summed E-state index contributed by atoms with van der Waals surface area (Å²) in [5.41, 5.74) is 0. The standard InChI is InChI=1S/C7H19NO2Si/c1-4-8-11(9-3)7-6-10-5-2/h8,11H,4-7H2,1-3H3. The maximum absolute atomic E-state index is 5.29. The van der Waals surface area contributed by atoms with Gasteiger partial charge in [-0.05, 0) is 13.5 Å². The van der Waals surface area contributed by atoms with Crippen molar-refractivity contribution in [2.45, 2.75) is 19.9 Å². The molecular weight excluding hydrogens is 158 g/mol. The number of ether oxygens (including phenoxy) is 1. The van der Waals surface area contributed by atoms with Crippen LogP contribution in [0, 0.1) is 0 Å². The first-order valence-corrected chi connectivity index (χ1v) is 6.05. The molecule has 1 N–H and O–H groups in total. The summed E-state index contributed by atoms with van der Waals surface area (Å²) < 4.78 is 10.5. The lowest BCUT2D eigenvalue weighted by atomic mass is 10.8. The van der Waals surface area contributed by atoms with Crippen molar-refractivity contribution in [2.24, 2.45) is 0 Å². The Morgan fingerprint density at radius 1 is 1.36 bits per heavy atom. The van der Waals surface area contributed by atoms with Crippen LogP contribution >= 0.6 is 0 Å². The number of hydrogen-bond donors (Lipinski definition) is 1. The molecule has 0 spiro atoms. The van der Waals surface area contributed by atoms with Crippen LogP contribution in [0.5, 0.6) is 0 Å². The summed E-state index contributed by atoms with van der Waals surface area (Å²) in [6.45, 7) is 6.73. The fourth-order valence-corrected chi connectivity index (χ4v) is 2.31. The maximum atomic E-state index is 5.29. The third-order valence-electron chi connectivity index (χ3n) is 1.44. The Bertz CT molecular complexity index is 82.8. The van der Waals surface area contributed by atoms with Gasteiger partial charge in [0.2, 0.25) is 0 Å². The predicted octanol–water partition coefficient (Wildman–Crippen LogP) is 0.499. The molecule has 0 aliphatic heterocycles. The Morgan fingerprint density at radius 2 is 2.09 bits per heavy atom. The number of hydrogen-bond acceptors (Lipinski definition) is 3. The first kappa shape index (κ1) is 11.1. The van der Waals surface area contributed by atoms with Gasteiger partial charge in [0.05, 0.1) is 0 Å². The minimum Gasteiger partial charge on any atom is -0.409 e. The van der Waals surface area contributed by atoms with E-state index in [-0.39, 0.29) is 0 Å². The Morgan fingerprint density at radius 3 is 2.55 bits per heavy atom. The molecule has 0 aliphatic rings. The monoisotopic (exact) mass is 177 g/mol. The zero-order valence-corrected chi connectivity index (χ0v) is 8.88. The van der Waals surface area contributed by atoms with Gasteiger partial charge in [0, 0.05) is 26.4 Å². The molecule has 0 amide bonds. The van der Waals surface area contributed by atoms with Crippen molar-refractivity contribution in [1.82, 2.24) is 4.98 Å². The Labute approximate surface area is 70.9 Å². The summed E-state index contributed by atoms with van der Waals surface area (Å²) >= 11 is 0. The van der Waals surface area contributed by atoms with E-state index in [1.54, 1.807) is 7.11 Å². The fraction of sp³-hybridized carbons (Fsp3) is 1.00. The smallest absolute Gasteiger partial charge is 0.254 e. The van der Waals surface area contributed by atoms with Crippen LogP contribution in [0.4, 0.5) is 0 Å². The molecule has 1 unspecified atom stereocenters. The van der Waals surface area contributed by atoms with E-state index in [4.69, 9.17) is 9.16 Å². The van der Waals surface area contributed by atoms with Gasteiger partial charge in [0.25, 0.3) is 9.20 Å². The molecule has 0 aliphatic carbocycles. The normalized spacial score (nSPS) is 13.4. The molecule has 4 heteroatoms. The third-order valence-corrected chi connectivity index (χ3v) is 3.64. The van der Waals surface area contributed by atoms with Gasteiger partial charge in [0.1, 0.15) is 0 Å². The summed E-state index contributed by atoms with van der Waals surface area (Å²) in [5, 5.41) is 0. The van der Waals surface area contributed by atoms with Crippen LogP contribution in [-0.2, 0) is 9.16 Å². The molecule has 0 heterocycles. The fourth-order valence-electron chi connectivity index (χ4n) is 0.866. The highest BCUT2D eigenvalue weighted by Crippen LogP contribution is 1.90. The number of nitrogens with one attached hydrogen (secondary N) is 1. The van der Waals surface area contributed by atoms with Gasteiger partial charge in [-0.3, -0.25) is 0 Å². The maximum Gasteiger partial charge on any atom is 0.254 e. The first-order valence-electron chi connectivity index (χ1n) is 4.19. The van der Waals surface area contributed by atoms with Crippen molar-refractivity contribution >= 4 is 9.20 Å². The zero-order valence-electron chi connectivity index (χ0n) is 7.72. The molecule has 0 saturated carbocycles. The quantitative estimate of drug-likeness (QED) is 0.454. The van der Waals surface area contributed by atoms with Gasteiger partial charge in [-0.1, -0.05) is 6.92 Å². The molecule has 0 aromatic carbocycles. The largest absolute Gasteiger partial charge is 0.409 e. The SMILES string of the molecule is CCN[SiH](CCOCC)OC. The molecular formula is C7H19NO2Si. The molecule has 0 rings (SSSR count). The minimum absolute atomic E-state index is 0.803. The summed E-state index contributed by atoms with van der Waals surface area (Å²) in [6, 6.07) is 1.05. The van der Waals surface area contributed by atoms with Crippen LogP contribution in [0.25, 0.3) is 0 Å². The van der Waals surface area contributed by atoms with Crippen molar-refractivity contribution in [3.63, 3.8) is 0 Å². The lowest BCUT2D eigenvalue weighted by Gasteiger charge is -2.12. The van der Waals surface area contributed by atoms with Crippen LogP contribution in [0.1, 0.15) is 13.8 Å². The Balaban J connectivity index is 3.20. The molecule has 0 aromatic rings. The van der Waals surface area contributed by atoms with Crippen LogP contribution in [-0.4, -0.2) is 36.1 Å². The van der Waals surface area contributed by atoms with Gasteiger partial charge < -0.3 is 14.1 Å². The van der Waals surface area contributed by atoms with Crippen molar-refractivity contribution in [3.05, 3.63) is 0 Å². The molecule has 0 saturated heterocycles. The lowest BCUT2D eigenvalue weighted by molar-refractivity contribution is 0.158. The van der Waals surface area contributed by atoms with Gasteiger partial charge in [-0.15, -0.1) is 0 Å². The topological polar surface area (TPSA) is 30.5 Å². The van der Waals surface area contributed by atoms with E-state index in [1.165, 1.54) is 0 Å². The summed E-state index contributed by atoms with van der Waals surface area (Å²) in [4.78, 5) is 3.33. The van der Waals surface area contributed by atoms with E-state index in [0.29, 0.717) is 0 Å². The van der Waals surface area contributed by atoms with Crippen LogP contribution < -0.4 is 4.98 Å². The van der Waals surface area contributed by atoms with Gasteiger partial charge in [-0.2, -0.15) is 0 Å². The van der Waals surface area contributed by atoms with E-state index in [1.807, 2.05) is 6.92 Å². The Hall–Kier alpha value is 0.0969. The highest BCUT2D eigenvalue weighted by Gasteiger charge is 2.06. The molecule has 3 nitrogen and oxygen atoms in total. The third kappa shape index (κ3) is 6.49. The molecule has 0 fully saturated rings. The molecule has 0 radical (unpaired) electrons. The van der Waals surface area contributed by atoms with Crippen molar-refractivity contribution < 1.29 is 9.16 Å². The molecule has 0 aromatic heterocycles. The average Bonchev–Trinajstić information content (AvgIpc) is 2.03. The second-order valence-corrected chi connectivity index (χ2v) is 4.70. The van der Waals surface area contributed by atoms with Crippen molar-refractivity contribution in [3.8, 4) is 0 Å². The van der Waals surface area contributed by atoms with Crippen LogP contribution in [0.2, 0.25) is 6.04 Å². The van der Waals surface area contributed by atoms with Crippen LogP contribution in [0.3, 0.4) is 0 Å². The first-order chi connectivity index (χ1) is 5.35. The summed E-state index contributed by atoms with van der Waals surface area (Å²) in [6.07, 6.45) is 0. The van der Waals surface area contributed by atoms with Gasteiger partial charge in [-0.25, -0.2) is 0 Å². The lowest BCUT2D eigenvalue weighted by Crippen LogP contribution is -2.36. The van der Waals surface area contributed by atoms with Gasteiger partial charge in [0.15, 0.2) is 0 Å². The molecule has 0 bridgehead atoms. The second kappa shape index (κ2) is 8.20. The summed E-state index contributed by atoms with van der Waals surface area (Å²) in [5.74, 6) is 0. The zero-order chi connectivity index (χ0) is 8.53. The van der Waals surface area contributed by atoms with Crippen molar-refractivity contribution in [1.29, 1.82) is 0 Å². The van der Waals surface area contributed by atoms with E-state index in [9.17, 15) is 0 Å². The van der Waals surface area contributed by atoms with E-state index in [0.717, 1.165) is 25.8 Å². The minimum atomic E-state index is -1.12. The highest BCUT2D eigenvalue weighted by atomic mass is 28.3. The van der Waals surface area contributed by atoms with E-state index >= 15 is 0 Å². The highest BCUT2D eigenvalue weighted by molar-refractivity contribution is 6.48. The second-order valence-electron chi connectivity index (χ2n) is 2.27. The van der Waals surface area contributed by atoms with E-state index in [2.05, 4.69) is 11.9 Å². The summed E-state index contributed by atoms with van der Waals surface area (Å²) in [7, 11) is 0.650. The molecule has 11 heavy (non-hydrogen) atoms.